The van der Waals surface area contributed by atoms with Gasteiger partial charge in [0.2, 0.25) is 0 Å². The zero-order valence-electron chi connectivity index (χ0n) is 10.00. The van der Waals surface area contributed by atoms with E-state index in [9.17, 15) is 9.50 Å². The van der Waals surface area contributed by atoms with Gasteiger partial charge in [0.15, 0.2) is 0 Å². The first-order valence-corrected chi connectivity index (χ1v) is 7.00. The first-order chi connectivity index (χ1) is 8.08. The molecule has 0 amide bonds. The first kappa shape index (κ1) is 13.0. The van der Waals surface area contributed by atoms with Crippen LogP contribution in [0.2, 0.25) is 0 Å². The number of halogens is 2. The van der Waals surface area contributed by atoms with E-state index in [-0.39, 0.29) is 11.7 Å². The quantitative estimate of drug-likeness (QED) is 0.855. The molecule has 0 aliphatic heterocycles. The van der Waals surface area contributed by atoms with Crippen molar-refractivity contribution in [1.29, 1.82) is 0 Å². The Morgan fingerprint density at radius 1 is 1.41 bits per heavy atom. The van der Waals surface area contributed by atoms with Gasteiger partial charge in [-0.2, -0.15) is 0 Å². The number of aliphatic hydroxyl groups is 1. The summed E-state index contributed by atoms with van der Waals surface area (Å²) in [6, 6.07) is 4.77. The molecule has 1 aliphatic carbocycles. The Morgan fingerprint density at radius 3 is 2.88 bits per heavy atom. The highest BCUT2D eigenvalue weighted by Gasteiger charge is 2.28. The summed E-state index contributed by atoms with van der Waals surface area (Å²) >= 11 is 3.32. The van der Waals surface area contributed by atoms with Gasteiger partial charge in [0, 0.05) is 10.0 Å². The Bertz CT molecular complexity index is 394. The third-order valence-corrected chi connectivity index (χ3v) is 4.19. The van der Waals surface area contributed by atoms with Gasteiger partial charge in [-0.1, -0.05) is 35.7 Å². The van der Waals surface area contributed by atoms with E-state index in [1.807, 2.05) is 0 Å². The van der Waals surface area contributed by atoms with E-state index in [0.717, 1.165) is 23.7 Å². The van der Waals surface area contributed by atoms with Crippen LogP contribution in [0, 0.1) is 17.7 Å². The molecule has 3 heteroatoms. The Morgan fingerprint density at radius 2 is 2.18 bits per heavy atom. The molecule has 0 saturated heterocycles. The molecule has 0 radical (unpaired) electrons. The summed E-state index contributed by atoms with van der Waals surface area (Å²) in [4.78, 5) is 0. The molecule has 0 heterocycles. The van der Waals surface area contributed by atoms with Gasteiger partial charge in [0.1, 0.15) is 5.82 Å². The molecule has 1 aromatic carbocycles. The second kappa shape index (κ2) is 5.49. The molecule has 1 nitrogen and oxygen atoms in total. The second-order valence-electron chi connectivity index (χ2n) is 5.14. The summed E-state index contributed by atoms with van der Waals surface area (Å²) < 4.78 is 14.5. The highest BCUT2D eigenvalue weighted by atomic mass is 79.9. The number of hydrogen-bond acceptors (Lipinski definition) is 1. The Balaban J connectivity index is 2.18. The van der Waals surface area contributed by atoms with Gasteiger partial charge < -0.3 is 5.11 Å². The van der Waals surface area contributed by atoms with E-state index in [1.54, 1.807) is 12.1 Å². The van der Waals surface area contributed by atoms with Gasteiger partial charge in [0.05, 0.1) is 6.10 Å². The third kappa shape index (κ3) is 3.08. The van der Waals surface area contributed by atoms with Crippen LogP contribution in [0.4, 0.5) is 4.39 Å². The number of aliphatic hydroxyl groups excluding tert-OH is 1. The molecular weight excluding hydrogens is 283 g/mol. The maximum Gasteiger partial charge on any atom is 0.129 e. The van der Waals surface area contributed by atoms with E-state index in [0.29, 0.717) is 11.5 Å². The molecule has 1 aromatic rings. The predicted octanol–water partition coefficient (Wildman–Crippen LogP) is 4.45. The molecule has 94 valence electrons. The van der Waals surface area contributed by atoms with Crippen molar-refractivity contribution in [1.82, 2.24) is 0 Å². The lowest BCUT2D eigenvalue weighted by Gasteiger charge is -2.30. The lowest BCUT2D eigenvalue weighted by atomic mass is 9.78. The fourth-order valence-corrected chi connectivity index (χ4v) is 3.14. The lowest BCUT2D eigenvalue weighted by Crippen LogP contribution is -2.21. The first-order valence-electron chi connectivity index (χ1n) is 6.21. The molecule has 2 rings (SSSR count). The average molecular weight is 301 g/mol. The average Bonchev–Trinajstić information content (AvgIpc) is 2.31. The van der Waals surface area contributed by atoms with Crippen molar-refractivity contribution in [2.24, 2.45) is 11.8 Å². The maximum absolute atomic E-state index is 13.7. The monoisotopic (exact) mass is 300 g/mol. The zero-order valence-corrected chi connectivity index (χ0v) is 11.6. The van der Waals surface area contributed by atoms with Crippen LogP contribution in [-0.2, 0) is 0 Å². The molecule has 17 heavy (non-hydrogen) atoms. The van der Waals surface area contributed by atoms with Crippen LogP contribution >= 0.6 is 15.9 Å². The van der Waals surface area contributed by atoms with Crippen molar-refractivity contribution >= 4 is 15.9 Å². The van der Waals surface area contributed by atoms with Crippen LogP contribution in [0.25, 0.3) is 0 Å². The molecule has 3 atom stereocenters. The highest BCUT2D eigenvalue weighted by Crippen LogP contribution is 2.38. The normalized spacial score (nSPS) is 26.8. The van der Waals surface area contributed by atoms with Crippen LogP contribution in [0.15, 0.2) is 22.7 Å². The molecule has 0 aromatic heterocycles. The molecule has 0 bridgehead atoms. The Kier molecular flexibility index (Phi) is 4.21. The van der Waals surface area contributed by atoms with Crippen molar-refractivity contribution in [2.75, 3.05) is 0 Å². The summed E-state index contributed by atoms with van der Waals surface area (Å²) in [5.74, 6) is 0.528. The van der Waals surface area contributed by atoms with Gasteiger partial charge in [-0.15, -0.1) is 0 Å². The SMILES string of the molecule is CC1CCCC(C(O)c2cc(Br)ccc2F)C1. The van der Waals surface area contributed by atoms with Crippen LogP contribution in [0.3, 0.4) is 0 Å². The minimum Gasteiger partial charge on any atom is -0.388 e. The van der Waals surface area contributed by atoms with Crippen LogP contribution in [0.1, 0.15) is 44.3 Å². The molecule has 1 fully saturated rings. The van der Waals surface area contributed by atoms with Crippen molar-refractivity contribution in [2.45, 2.75) is 38.7 Å². The van der Waals surface area contributed by atoms with E-state index >= 15 is 0 Å². The van der Waals surface area contributed by atoms with Crippen LogP contribution in [-0.4, -0.2) is 5.11 Å². The van der Waals surface area contributed by atoms with Gasteiger partial charge in [0.25, 0.3) is 0 Å². The number of rotatable bonds is 2. The molecule has 1 saturated carbocycles. The fraction of sp³-hybridized carbons (Fsp3) is 0.571. The summed E-state index contributed by atoms with van der Waals surface area (Å²) in [6.07, 6.45) is 3.68. The molecule has 1 N–H and O–H groups in total. The highest BCUT2D eigenvalue weighted by molar-refractivity contribution is 9.10. The maximum atomic E-state index is 13.7. The largest absolute Gasteiger partial charge is 0.388 e. The fourth-order valence-electron chi connectivity index (χ4n) is 2.76. The Labute approximate surface area is 110 Å². The standard InChI is InChI=1S/C14H18BrFO/c1-9-3-2-4-10(7-9)14(17)12-8-11(15)5-6-13(12)16/h5-6,8-10,14,17H,2-4,7H2,1H3. The van der Waals surface area contributed by atoms with Crippen molar-refractivity contribution in [3.05, 3.63) is 34.1 Å². The molecule has 0 spiro atoms. The van der Waals surface area contributed by atoms with E-state index in [4.69, 9.17) is 0 Å². The smallest absolute Gasteiger partial charge is 0.129 e. The number of benzene rings is 1. The zero-order chi connectivity index (χ0) is 12.4. The van der Waals surface area contributed by atoms with Crippen molar-refractivity contribution in [3.63, 3.8) is 0 Å². The summed E-state index contributed by atoms with van der Waals surface area (Å²) in [5.41, 5.74) is 0.429. The van der Waals surface area contributed by atoms with Gasteiger partial charge in [-0.05, 0) is 42.9 Å². The minimum absolute atomic E-state index is 0.197. The summed E-state index contributed by atoms with van der Waals surface area (Å²) in [5, 5.41) is 10.3. The van der Waals surface area contributed by atoms with Crippen molar-refractivity contribution < 1.29 is 9.50 Å². The molecular formula is C14H18BrFO. The minimum atomic E-state index is -0.671. The van der Waals surface area contributed by atoms with Gasteiger partial charge in [-0.25, -0.2) is 4.39 Å². The second-order valence-corrected chi connectivity index (χ2v) is 6.06. The van der Waals surface area contributed by atoms with E-state index in [2.05, 4.69) is 22.9 Å². The number of hydrogen-bond donors (Lipinski definition) is 1. The Hall–Kier alpha value is -0.410. The third-order valence-electron chi connectivity index (χ3n) is 3.70. The van der Waals surface area contributed by atoms with Crippen LogP contribution < -0.4 is 0 Å². The van der Waals surface area contributed by atoms with E-state index < -0.39 is 6.10 Å². The summed E-state index contributed by atoms with van der Waals surface area (Å²) in [7, 11) is 0. The summed E-state index contributed by atoms with van der Waals surface area (Å²) in [6.45, 7) is 2.20. The van der Waals surface area contributed by atoms with Gasteiger partial charge >= 0.3 is 0 Å². The molecule has 3 unspecified atom stereocenters. The van der Waals surface area contributed by atoms with Crippen molar-refractivity contribution in [3.8, 4) is 0 Å². The topological polar surface area (TPSA) is 20.2 Å². The van der Waals surface area contributed by atoms with Gasteiger partial charge in [-0.3, -0.25) is 0 Å². The lowest BCUT2D eigenvalue weighted by molar-refractivity contribution is 0.0685. The molecule has 1 aliphatic rings. The van der Waals surface area contributed by atoms with Crippen LogP contribution in [0.5, 0.6) is 0 Å². The predicted molar refractivity (Wildman–Crippen MR) is 70.2 cm³/mol. The van der Waals surface area contributed by atoms with E-state index in [1.165, 1.54) is 12.5 Å².